The molecule has 3 heteroatoms. The number of aromatic nitrogens is 1. The molecule has 2 atom stereocenters. The number of ether oxygens (including phenoxy) is 1. The van der Waals surface area contributed by atoms with Crippen LogP contribution in [0.5, 0.6) is 5.75 Å². The molecule has 1 N–H and O–H groups in total. The summed E-state index contributed by atoms with van der Waals surface area (Å²) in [7, 11) is 1.62. The van der Waals surface area contributed by atoms with Crippen LogP contribution in [0.3, 0.4) is 0 Å². The maximum Gasteiger partial charge on any atom is 0.137 e. The molecule has 2 rings (SSSR count). The van der Waals surface area contributed by atoms with E-state index in [1.54, 1.807) is 19.5 Å². The third-order valence-corrected chi connectivity index (χ3v) is 3.84. The summed E-state index contributed by atoms with van der Waals surface area (Å²) < 4.78 is 5.20. The Morgan fingerprint density at radius 1 is 1.33 bits per heavy atom. The highest BCUT2D eigenvalue weighted by Gasteiger charge is 2.42. The Kier molecular flexibility index (Phi) is 3.37. The average molecular weight is 249 g/mol. The van der Waals surface area contributed by atoms with Crippen LogP contribution < -0.4 is 4.74 Å². The molecule has 1 aliphatic carbocycles. The van der Waals surface area contributed by atoms with Gasteiger partial charge in [-0.2, -0.15) is 0 Å². The normalized spacial score (nSPS) is 31.1. The van der Waals surface area contributed by atoms with Gasteiger partial charge in [0.25, 0.3) is 0 Å². The summed E-state index contributed by atoms with van der Waals surface area (Å²) in [6.07, 6.45) is 6.16. The van der Waals surface area contributed by atoms with Crippen molar-refractivity contribution in [1.82, 2.24) is 4.98 Å². The van der Waals surface area contributed by atoms with Gasteiger partial charge < -0.3 is 9.84 Å². The molecule has 100 valence electrons. The lowest BCUT2D eigenvalue weighted by atomic mass is 9.64. The molecule has 0 spiro atoms. The van der Waals surface area contributed by atoms with E-state index in [1.807, 2.05) is 6.07 Å². The first-order chi connectivity index (χ1) is 8.35. The lowest BCUT2D eigenvalue weighted by Crippen LogP contribution is -2.40. The predicted octanol–water partition coefficient (Wildman–Crippen LogP) is 3.12. The Morgan fingerprint density at radius 2 is 2.06 bits per heavy atom. The lowest BCUT2D eigenvalue weighted by Gasteiger charge is -2.44. The Labute approximate surface area is 109 Å². The maximum absolute atomic E-state index is 11.0. The fourth-order valence-corrected chi connectivity index (χ4v) is 3.53. The van der Waals surface area contributed by atoms with Crippen molar-refractivity contribution in [2.24, 2.45) is 11.3 Å². The maximum atomic E-state index is 11.0. The molecule has 0 amide bonds. The second-order valence-electron chi connectivity index (χ2n) is 6.50. The molecule has 0 bridgehead atoms. The van der Waals surface area contributed by atoms with E-state index in [9.17, 15) is 5.11 Å². The van der Waals surface area contributed by atoms with Crippen LogP contribution in [0.25, 0.3) is 0 Å². The monoisotopic (exact) mass is 249 g/mol. The van der Waals surface area contributed by atoms with Crippen molar-refractivity contribution in [3.8, 4) is 5.75 Å². The van der Waals surface area contributed by atoms with Crippen LogP contribution in [-0.4, -0.2) is 17.2 Å². The molecule has 1 aliphatic rings. The second-order valence-corrected chi connectivity index (χ2v) is 6.50. The highest BCUT2D eigenvalue weighted by molar-refractivity contribution is 5.29. The van der Waals surface area contributed by atoms with Crippen molar-refractivity contribution in [2.75, 3.05) is 7.11 Å². The fraction of sp³-hybridized carbons (Fsp3) is 0.667. The molecule has 1 aromatic heterocycles. The van der Waals surface area contributed by atoms with Crippen LogP contribution >= 0.6 is 0 Å². The molecular formula is C15H23NO2. The lowest BCUT2D eigenvalue weighted by molar-refractivity contribution is -0.0638. The Balaban J connectivity index is 2.34. The van der Waals surface area contributed by atoms with Crippen LogP contribution in [0.2, 0.25) is 0 Å². The molecule has 2 unspecified atom stereocenters. The fourth-order valence-electron chi connectivity index (χ4n) is 3.53. The molecular weight excluding hydrogens is 226 g/mol. The van der Waals surface area contributed by atoms with E-state index >= 15 is 0 Å². The molecule has 0 aromatic carbocycles. The van der Waals surface area contributed by atoms with Crippen molar-refractivity contribution in [1.29, 1.82) is 0 Å². The number of rotatable bonds is 2. The first kappa shape index (κ1) is 13.3. The number of methoxy groups -OCH3 is 1. The van der Waals surface area contributed by atoms with E-state index in [1.165, 1.54) is 0 Å². The predicted molar refractivity (Wildman–Crippen MR) is 71.5 cm³/mol. The third kappa shape index (κ3) is 2.66. The minimum atomic E-state index is -0.775. The molecule has 3 nitrogen and oxygen atoms in total. The Morgan fingerprint density at radius 3 is 2.67 bits per heavy atom. The first-order valence-electron chi connectivity index (χ1n) is 6.57. The number of aliphatic hydroxyl groups is 1. The van der Waals surface area contributed by atoms with E-state index in [4.69, 9.17) is 4.74 Å². The van der Waals surface area contributed by atoms with Gasteiger partial charge in [-0.1, -0.05) is 20.8 Å². The van der Waals surface area contributed by atoms with E-state index in [2.05, 4.69) is 25.8 Å². The second kappa shape index (κ2) is 4.54. The van der Waals surface area contributed by atoms with Gasteiger partial charge in [0.2, 0.25) is 0 Å². The zero-order chi connectivity index (χ0) is 13.4. The van der Waals surface area contributed by atoms with E-state index in [0.717, 1.165) is 24.8 Å². The third-order valence-electron chi connectivity index (χ3n) is 3.84. The van der Waals surface area contributed by atoms with E-state index in [-0.39, 0.29) is 5.41 Å². The molecule has 1 saturated carbocycles. The van der Waals surface area contributed by atoms with Crippen LogP contribution in [0, 0.1) is 11.3 Å². The van der Waals surface area contributed by atoms with Gasteiger partial charge in [0.05, 0.1) is 18.9 Å². The summed E-state index contributed by atoms with van der Waals surface area (Å²) in [5, 5.41) is 11.0. The summed E-state index contributed by atoms with van der Waals surface area (Å²) in [5.41, 5.74) is 0.263. The highest BCUT2D eigenvalue weighted by Crippen LogP contribution is 2.48. The standard InChI is InChI=1S/C15H23NO2/c1-11-6-14(2,3)10-15(17,7-11)12-5-13(18-4)9-16-8-12/h5,8-9,11,17H,6-7,10H2,1-4H3. The summed E-state index contributed by atoms with van der Waals surface area (Å²) in [4.78, 5) is 4.16. The Hall–Kier alpha value is -1.09. The minimum Gasteiger partial charge on any atom is -0.495 e. The quantitative estimate of drug-likeness (QED) is 0.875. The van der Waals surface area contributed by atoms with Crippen LogP contribution in [0.1, 0.15) is 45.6 Å². The minimum absolute atomic E-state index is 0.162. The molecule has 1 heterocycles. The molecule has 0 radical (unpaired) electrons. The number of nitrogens with zero attached hydrogens (tertiary/aromatic N) is 1. The SMILES string of the molecule is COc1cncc(C2(O)CC(C)CC(C)(C)C2)c1. The van der Waals surface area contributed by atoms with Crippen molar-refractivity contribution in [2.45, 2.75) is 45.6 Å². The van der Waals surface area contributed by atoms with Gasteiger partial charge in [-0.25, -0.2) is 0 Å². The summed E-state index contributed by atoms with van der Waals surface area (Å²) in [5.74, 6) is 1.22. The van der Waals surface area contributed by atoms with Gasteiger partial charge in [-0.05, 0) is 36.7 Å². The number of hydrogen-bond acceptors (Lipinski definition) is 3. The van der Waals surface area contributed by atoms with Crippen molar-refractivity contribution in [3.63, 3.8) is 0 Å². The molecule has 0 saturated heterocycles. The van der Waals surface area contributed by atoms with E-state index < -0.39 is 5.60 Å². The van der Waals surface area contributed by atoms with Crippen LogP contribution in [0.4, 0.5) is 0 Å². The summed E-state index contributed by atoms with van der Waals surface area (Å²) >= 11 is 0. The van der Waals surface area contributed by atoms with Crippen molar-refractivity contribution < 1.29 is 9.84 Å². The molecule has 18 heavy (non-hydrogen) atoms. The van der Waals surface area contributed by atoms with Crippen LogP contribution in [0.15, 0.2) is 18.5 Å². The van der Waals surface area contributed by atoms with Gasteiger partial charge in [-0.3, -0.25) is 4.98 Å². The largest absolute Gasteiger partial charge is 0.495 e. The summed E-state index contributed by atoms with van der Waals surface area (Å²) in [6.45, 7) is 6.65. The number of hydrogen-bond donors (Lipinski definition) is 1. The molecule has 1 aromatic rings. The van der Waals surface area contributed by atoms with Gasteiger partial charge in [0.15, 0.2) is 0 Å². The molecule has 1 fully saturated rings. The highest BCUT2D eigenvalue weighted by atomic mass is 16.5. The van der Waals surface area contributed by atoms with Gasteiger partial charge >= 0.3 is 0 Å². The zero-order valence-corrected chi connectivity index (χ0v) is 11.7. The first-order valence-corrected chi connectivity index (χ1v) is 6.57. The topological polar surface area (TPSA) is 42.4 Å². The molecule has 0 aliphatic heterocycles. The van der Waals surface area contributed by atoms with E-state index in [0.29, 0.717) is 11.7 Å². The van der Waals surface area contributed by atoms with Crippen LogP contribution in [-0.2, 0) is 5.60 Å². The van der Waals surface area contributed by atoms with Crippen molar-refractivity contribution in [3.05, 3.63) is 24.0 Å². The van der Waals surface area contributed by atoms with Gasteiger partial charge in [0.1, 0.15) is 5.75 Å². The van der Waals surface area contributed by atoms with Gasteiger partial charge in [-0.15, -0.1) is 0 Å². The zero-order valence-electron chi connectivity index (χ0n) is 11.7. The average Bonchev–Trinajstić information content (AvgIpc) is 2.26. The van der Waals surface area contributed by atoms with Gasteiger partial charge in [0, 0.05) is 11.8 Å². The summed E-state index contributed by atoms with van der Waals surface area (Å²) in [6, 6.07) is 1.90. The Bertz CT molecular complexity index is 430. The smallest absolute Gasteiger partial charge is 0.137 e. The van der Waals surface area contributed by atoms with Crippen molar-refractivity contribution >= 4 is 0 Å². The number of pyridine rings is 1.